The quantitative estimate of drug-likeness (QED) is 0.759. The van der Waals surface area contributed by atoms with Gasteiger partial charge in [0.15, 0.2) is 0 Å². The maximum Gasteiger partial charge on any atom is 0.262 e. The van der Waals surface area contributed by atoms with Crippen LogP contribution in [-0.2, 0) is 11.3 Å². The number of aryl methyl sites for hydroxylation is 1. The van der Waals surface area contributed by atoms with Crippen LogP contribution >= 0.6 is 11.6 Å². The Morgan fingerprint density at radius 1 is 1.46 bits per heavy atom. The summed E-state index contributed by atoms with van der Waals surface area (Å²) in [6.45, 7) is 2.45. The number of aromatic amines is 1. The average Bonchev–Trinajstić information content (AvgIpc) is 3.24. The van der Waals surface area contributed by atoms with Crippen LogP contribution in [0.25, 0.3) is 21.8 Å². The van der Waals surface area contributed by atoms with E-state index in [4.69, 9.17) is 22.1 Å². The van der Waals surface area contributed by atoms with Gasteiger partial charge >= 0.3 is 0 Å². The monoisotopic (exact) mass is 346 g/mol. The molecule has 6 nitrogen and oxygen atoms in total. The minimum absolute atomic E-state index is 0.0241. The van der Waals surface area contributed by atoms with Gasteiger partial charge in [0.1, 0.15) is 5.52 Å². The summed E-state index contributed by atoms with van der Waals surface area (Å²) in [5.74, 6) is 0.183. The van der Waals surface area contributed by atoms with Crippen LogP contribution < -0.4 is 11.3 Å². The summed E-state index contributed by atoms with van der Waals surface area (Å²) in [5, 5.41) is 9.68. The number of hydrogen-bond donors (Lipinski definition) is 2. The molecule has 126 valence electrons. The molecule has 3 heterocycles. The Balaban J connectivity index is 2.04. The molecular weight excluding hydrogens is 328 g/mol. The molecule has 24 heavy (non-hydrogen) atoms. The van der Waals surface area contributed by atoms with Gasteiger partial charge in [-0.3, -0.25) is 9.89 Å². The summed E-state index contributed by atoms with van der Waals surface area (Å²) in [6, 6.07) is 5.54. The minimum atomic E-state index is -0.0241. The van der Waals surface area contributed by atoms with Gasteiger partial charge in [0.2, 0.25) is 0 Å². The Labute approximate surface area is 143 Å². The number of nitrogens with zero attached hydrogens (tertiary/aromatic N) is 2. The molecule has 3 N–H and O–H groups in total. The highest BCUT2D eigenvalue weighted by Gasteiger charge is 2.25. The summed E-state index contributed by atoms with van der Waals surface area (Å²) in [7, 11) is 0. The van der Waals surface area contributed by atoms with Crippen LogP contribution in [0.4, 0.5) is 0 Å². The molecular formula is C17H19ClN4O2. The molecule has 2 aromatic heterocycles. The third-order valence-corrected chi connectivity index (χ3v) is 4.92. The van der Waals surface area contributed by atoms with Gasteiger partial charge in [-0.1, -0.05) is 11.6 Å². The molecule has 1 aliphatic rings. The van der Waals surface area contributed by atoms with Crippen LogP contribution in [-0.4, -0.2) is 34.5 Å². The van der Waals surface area contributed by atoms with Crippen molar-refractivity contribution in [2.75, 3.05) is 19.8 Å². The smallest absolute Gasteiger partial charge is 0.262 e. The number of pyridine rings is 1. The van der Waals surface area contributed by atoms with E-state index in [0.29, 0.717) is 42.2 Å². The lowest BCUT2D eigenvalue weighted by Crippen LogP contribution is -2.23. The Morgan fingerprint density at radius 2 is 2.33 bits per heavy atom. The van der Waals surface area contributed by atoms with Crippen LogP contribution in [0.15, 0.2) is 23.0 Å². The van der Waals surface area contributed by atoms with Crippen LogP contribution in [0.3, 0.4) is 0 Å². The first-order valence-corrected chi connectivity index (χ1v) is 8.56. The van der Waals surface area contributed by atoms with Crippen LogP contribution in [0.5, 0.6) is 0 Å². The topological polar surface area (TPSA) is 85.9 Å². The van der Waals surface area contributed by atoms with Gasteiger partial charge in [-0.25, -0.2) is 0 Å². The number of nitrogens with one attached hydrogen (secondary N) is 1. The molecule has 0 spiro atoms. The Kier molecular flexibility index (Phi) is 4.04. The zero-order valence-electron chi connectivity index (χ0n) is 13.2. The molecule has 0 aliphatic carbocycles. The number of fused-ring (bicyclic) bond motifs is 3. The van der Waals surface area contributed by atoms with Crippen LogP contribution in [0.1, 0.15) is 24.5 Å². The summed E-state index contributed by atoms with van der Waals surface area (Å²) in [4.78, 5) is 13.2. The predicted molar refractivity (Wildman–Crippen MR) is 94.7 cm³/mol. The van der Waals surface area contributed by atoms with Gasteiger partial charge in [0, 0.05) is 29.5 Å². The molecule has 0 radical (unpaired) electrons. The fraction of sp³-hybridized carbons (Fsp3) is 0.412. The van der Waals surface area contributed by atoms with E-state index in [9.17, 15) is 4.79 Å². The van der Waals surface area contributed by atoms with Crippen molar-refractivity contribution in [1.82, 2.24) is 14.8 Å². The van der Waals surface area contributed by atoms with E-state index in [1.807, 2.05) is 12.1 Å². The molecule has 0 bridgehead atoms. The van der Waals surface area contributed by atoms with Crippen molar-refractivity contribution in [2.24, 2.45) is 5.73 Å². The van der Waals surface area contributed by atoms with Crippen molar-refractivity contribution in [3.05, 3.63) is 39.3 Å². The van der Waals surface area contributed by atoms with Gasteiger partial charge in [-0.15, -0.1) is 0 Å². The van der Waals surface area contributed by atoms with Crippen LogP contribution in [0.2, 0.25) is 5.02 Å². The number of H-pyrrole nitrogens is 1. The predicted octanol–water partition coefficient (Wildman–Crippen LogP) is 2.38. The van der Waals surface area contributed by atoms with Crippen LogP contribution in [0, 0.1) is 0 Å². The highest BCUT2D eigenvalue weighted by molar-refractivity contribution is 6.31. The third-order valence-electron chi connectivity index (χ3n) is 4.68. The number of rotatable bonds is 4. The molecule has 1 saturated heterocycles. The summed E-state index contributed by atoms with van der Waals surface area (Å²) < 4.78 is 7.26. The standard InChI is InChI=1S/C17H19ClN4O2/c18-11-2-3-13-12(8-11)16-14(17(23)22(13)6-1-5-19)15(20-21-16)10-4-7-24-9-10/h2-3,8,10H,1,4-7,9,19H2,(H,20,21). The lowest BCUT2D eigenvalue weighted by Gasteiger charge is -2.12. The molecule has 7 heteroatoms. The highest BCUT2D eigenvalue weighted by Crippen LogP contribution is 2.31. The first-order valence-electron chi connectivity index (χ1n) is 8.18. The Bertz CT molecular complexity index is 957. The van der Waals surface area contributed by atoms with Crippen molar-refractivity contribution < 1.29 is 4.74 Å². The summed E-state index contributed by atoms with van der Waals surface area (Å²) in [5.41, 5.74) is 8.01. The fourth-order valence-electron chi connectivity index (χ4n) is 3.47. The lowest BCUT2D eigenvalue weighted by atomic mass is 10.0. The number of halogens is 1. The molecule has 0 saturated carbocycles. The Morgan fingerprint density at radius 3 is 3.08 bits per heavy atom. The van der Waals surface area contributed by atoms with Gasteiger partial charge < -0.3 is 15.0 Å². The number of benzene rings is 1. The van der Waals surface area contributed by atoms with E-state index in [1.54, 1.807) is 10.6 Å². The number of ether oxygens (including phenoxy) is 1. The maximum atomic E-state index is 13.2. The minimum Gasteiger partial charge on any atom is -0.381 e. The second-order valence-corrected chi connectivity index (χ2v) is 6.62. The van der Waals surface area contributed by atoms with Crippen molar-refractivity contribution >= 4 is 33.4 Å². The Hall–Kier alpha value is -1.89. The number of hydrogen-bond acceptors (Lipinski definition) is 4. The second kappa shape index (κ2) is 6.20. The molecule has 0 amide bonds. The van der Waals surface area contributed by atoms with Gasteiger partial charge in [-0.05, 0) is 37.6 Å². The molecule has 1 unspecified atom stereocenters. The zero-order valence-corrected chi connectivity index (χ0v) is 14.0. The van der Waals surface area contributed by atoms with E-state index >= 15 is 0 Å². The maximum absolute atomic E-state index is 13.2. The van der Waals surface area contributed by atoms with E-state index in [2.05, 4.69) is 10.2 Å². The molecule has 3 aromatic rings. The van der Waals surface area contributed by atoms with Crippen molar-refractivity contribution in [1.29, 1.82) is 0 Å². The molecule has 1 aliphatic heterocycles. The molecule has 1 atom stereocenters. The molecule has 1 aromatic carbocycles. The zero-order chi connectivity index (χ0) is 16.7. The SMILES string of the molecule is NCCCn1c(=O)c2c(C3CCOC3)[nH]nc2c2cc(Cl)ccc21. The summed E-state index contributed by atoms with van der Waals surface area (Å²) >= 11 is 6.18. The normalized spacial score (nSPS) is 18.0. The highest BCUT2D eigenvalue weighted by atomic mass is 35.5. The number of aromatic nitrogens is 3. The fourth-order valence-corrected chi connectivity index (χ4v) is 3.65. The van der Waals surface area contributed by atoms with E-state index in [1.165, 1.54) is 0 Å². The second-order valence-electron chi connectivity index (χ2n) is 6.18. The van der Waals surface area contributed by atoms with E-state index < -0.39 is 0 Å². The van der Waals surface area contributed by atoms with Gasteiger partial charge in [0.05, 0.1) is 23.2 Å². The van der Waals surface area contributed by atoms with Gasteiger partial charge in [-0.2, -0.15) is 5.10 Å². The first kappa shape index (κ1) is 15.6. The molecule has 1 fully saturated rings. The first-order chi connectivity index (χ1) is 11.7. The number of nitrogens with two attached hydrogens (primary N) is 1. The largest absolute Gasteiger partial charge is 0.381 e. The van der Waals surface area contributed by atoms with Crippen molar-refractivity contribution in [3.8, 4) is 0 Å². The van der Waals surface area contributed by atoms with Crippen molar-refractivity contribution in [2.45, 2.75) is 25.3 Å². The summed E-state index contributed by atoms with van der Waals surface area (Å²) in [6.07, 6.45) is 1.63. The molecule has 4 rings (SSSR count). The van der Waals surface area contributed by atoms with Gasteiger partial charge in [0.25, 0.3) is 5.56 Å². The van der Waals surface area contributed by atoms with E-state index in [0.717, 1.165) is 29.4 Å². The average molecular weight is 347 g/mol. The lowest BCUT2D eigenvalue weighted by molar-refractivity contribution is 0.193. The third kappa shape index (κ3) is 2.42. The van der Waals surface area contributed by atoms with E-state index in [-0.39, 0.29) is 11.5 Å². The van der Waals surface area contributed by atoms with Crippen molar-refractivity contribution in [3.63, 3.8) is 0 Å².